The summed E-state index contributed by atoms with van der Waals surface area (Å²) in [5.74, 6) is -0.844. The normalized spacial score (nSPS) is 12.0. The van der Waals surface area contributed by atoms with Crippen molar-refractivity contribution in [3.63, 3.8) is 0 Å². The van der Waals surface area contributed by atoms with Crippen molar-refractivity contribution in [2.75, 3.05) is 0 Å². The highest BCUT2D eigenvalue weighted by atomic mass is 32.1. The van der Waals surface area contributed by atoms with E-state index in [1.165, 1.54) is 35.1 Å². The number of aromatic nitrogens is 1. The van der Waals surface area contributed by atoms with Gasteiger partial charge in [0.2, 0.25) is 0 Å². The highest BCUT2D eigenvalue weighted by Gasteiger charge is 2.10. The highest BCUT2D eigenvalue weighted by molar-refractivity contribution is 7.16. The first-order valence-electron chi connectivity index (χ1n) is 8.09. The highest BCUT2D eigenvalue weighted by Crippen LogP contribution is 2.20. The third-order valence-corrected chi connectivity index (χ3v) is 4.91. The molecule has 3 nitrogen and oxygen atoms in total. The van der Waals surface area contributed by atoms with Gasteiger partial charge in [0.15, 0.2) is 4.80 Å². The topological polar surface area (TPSA) is 34.4 Å². The third-order valence-electron chi connectivity index (χ3n) is 3.87. The molecule has 0 saturated heterocycles. The summed E-state index contributed by atoms with van der Waals surface area (Å²) in [4.78, 5) is 17.3. The summed E-state index contributed by atoms with van der Waals surface area (Å²) in [5, 5.41) is 0. The Morgan fingerprint density at radius 1 is 1.21 bits per heavy atom. The molecule has 0 atom stereocenters. The molecule has 0 N–H and O–H groups in total. The van der Waals surface area contributed by atoms with E-state index >= 15 is 0 Å². The van der Waals surface area contributed by atoms with E-state index in [0.29, 0.717) is 4.80 Å². The second-order valence-corrected chi connectivity index (χ2v) is 6.63. The van der Waals surface area contributed by atoms with Gasteiger partial charge in [-0.05, 0) is 48.7 Å². The minimum absolute atomic E-state index is 0.268. The summed E-state index contributed by atoms with van der Waals surface area (Å²) in [6, 6.07) is 12.0. The lowest BCUT2D eigenvalue weighted by atomic mass is 10.2. The smallest absolute Gasteiger partial charge is 0.279 e. The van der Waals surface area contributed by atoms with Gasteiger partial charge < -0.3 is 4.57 Å². The molecule has 1 aromatic heterocycles. The number of amides is 1. The Labute approximate surface area is 144 Å². The van der Waals surface area contributed by atoms with Gasteiger partial charge in [-0.15, -0.1) is 0 Å². The summed E-state index contributed by atoms with van der Waals surface area (Å²) in [6.07, 6.45) is 1.92. The molecule has 5 heteroatoms. The summed E-state index contributed by atoms with van der Waals surface area (Å²) in [7, 11) is 0. The summed E-state index contributed by atoms with van der Waals surface area (Å²) in [6.45, 7) is 5.00. The Balaban J connectivity index is 2.13. The summed E-state index contributed by atoms with van der Waals surface area (Å²) in [5.41, 5.74) is 2.62. The van der Waals surface area contributed by atoms with Crippen LogP contribution < -0.4 is 4.80 Å². The van der Waals surface area contributed by atoms with Crippen molar-refractivity contribution < 1.29 is 9.18 Å². The molecule has 3 rings (SSSR count). The molecule has 0 unspecified atom stereocenters. The maximum absolute atomic E-state index is 13.3. The number of carbonyl (C=O) groups is 1. The van der Waals surface area contributed by atoms with E-state index in [0.717, 1.165) is 29.6 Å². The molecular formula is C19H19FN2OS. The average Bonchev–Trinajstić information content (AvgIpc) is 2.91. The van der Waals surface area contributed by atoms with Crippen molar-refractivity contribution in [3.05, 3.63) is 64.2 Å². The second-order valence-electron chi connectivity index (χ2n) is 5.62. The van der Waals surface area contributed by atoms with E-state index in [9.17, 15) is 9.18 Å². The summed E-state index contributed by atoms with van der Waals surface area (Å²) >= 11 is 1.50. The van der Waals surface area contributed by atoms with Crippen LogP contribution in [0, 0.1) is 5.82 Å². The minimum Gasteiger partial charge on any atom is -0.316 e. The monoisotopic (exact) mass is 342 g/mol. The SMILES string of the molecule is CCCn1c(=NC(=O)c2cccc(F)c2)sc2cc(CC)ccc21. The van der Waals surface area contributed by atoms with Gasteiger partial charge in [0.1, 0.15) is 5.82 Å². The van der Waals surface area contributed by atoms with Gasteiger partial charge in [0, 0.05) is 12.1 Å². The molecule has 0 aliphatic heterocycles. The van der Waals surface area contributed by atoms with Crippen LogP contribution in [-0.4, -0.2) is 10.5 Å². The molecule has 0 radical (unpaired) electrons. The lowest BCUT2D eigenvalue weighted by molar-refractivity contribution is 0.0997. The molecule has 2 aromatic carbocycles. The van der Waals surface area contributed by atoms with E-state index in [1.54, 1.807) is 6.07 Å². The van der Waals surface area contributed by atoms with Gasteiger partial charge >= 0.3 is 0 Å². The van der Waals surface area contributed by atoms with Gasteiger partial charge in [-0.1, -0.05) is 37.3 Å². The number of halogens is 1. The van der Waals surface area contributed by atoms with Gasteiger partial charge in [0.25, 0.3) is 5.91 Å². The van der Waals surface area contributed by atoms with Crippen molar-refractivity contribution in [1.29, 1.82) is 0 Å². The Kier molecular flexibility index (Phi) is 4.90. The first-order chi connectivity index (χ1) is 11.6. The maximum Gasteiger partial charge on any atom is 0.279 e. The van der Waals surface area contributed by atoms with Crippen LogP contribution in [0.25, 0.3) is 10.2 Å². The average molecular weight is 342 g/mol. The standard InChI is InChI=1S/C19H19FN2OS/c1-3-10-22-16-9-8-13(4-2)11-17(16)24-19(22)21-18(23)14-6-5-7-15(20)12-14/h5-9,11-12H,3-4,10H2,1-2H3. The van der Waals surface area contributed by atoms with Crippen molar-refractivity contribution in [1.82, 2.24) is 4.57 Å². The zero-order chi connectivity index (χ0) is 17.1. The molecule has 0 bridgehead atoms. The molecule has 1 heterocycles. The Hall–Kier alpha value is -2.27. The zero-order valence-electron chi connectivity index (χ0n) is 13.8. The van der Waals surface area contributed by atoms with Crippen LogP contribution in [0.1, 0.15) is 36.2 Å². The fraction of sp³-hybridized carbons (Fsp3) is 0.263. The van der Waals surface area contributed by atoms with Crippen LogP contribution in [-0.2, 0) is 13.0 Å². The fourth-order valence-corrected chi connectivity index (χ4v) is 3.75. The number of carbonyl (C=O) groups excluding carboxylic acids is 1. The number of aryl methyl sites for hydroxylation is 2. The Bertz CT molecular complexity index is 955. The molecule has 0 fully saturated rings. The Morgan fingerprint density at radius 3 is 2.75 bits per heavy atom. The minimum atomic E-state index is -0.429. The number of nitrogens with zero attached hydrogens (tertiary/aromatic N) is 2. The predicted molar refractivity (Wildman–Crippen MR) is 95.8 cm³/mol. The molecule has 1 amide bonds. The molecular weight excluding hydrogens is 323 g/mol. The zero-order valence-corrected chi connectivity index (χ0v) is 14.6. The molecule has 3 aromatic rings. The second kappa shape index (κ2) is 7.09. The first-order valence-corrected chi connectivity index (χ1v) is 8.91. The summed E-state index contributed by atoms with van der Waals surface area (Å²) < 4.78 is 16.5. The van der Waals surface area contributed by atoms with Crippen LogP contribution in [0.2, 0.25) is 0 Å². The maximum atomic E-state index is 13.3. The van der Waals surface area contributed by atoms with Crippen LogP contribution >= 0.6 is 11.3 Å². The van der Waals surface area contributed by atoms with E-state index in [1.807, 2.05) is 0 Å². The van der Waals surface area contributed by atoms with Gasteiger partial charge in [-0.3, -0.25) is 4.79 Å². The number of hydrogen-bond donors (Lipinski definition) is 0. The largest absolute Gasteiger partial charge is 0.316 e. The number of hydrogen-bond acceptors (Lipinski definition) is 2. The first kappa shape index (κ1) is 16.6. The van der Waals surface area contributed by atoms with E-state index < -0.39 is 11.7 Å². The van der Waals surface area contributed by atoms with E-state index in [4.69, 9.17) is 0 Å². The van der Waals surface area contributed by atoms with Crippen molar-refractivity contribution in [3.8, 4) is 0 Å². The third kappa shape index (κ3) is 3.31. The lowest BCUT2D eigenvalue weighted by Crippen LogP contribution is -2.16. The number of rotatable bonds is 4. The molecule has 0 aliphatic rings. The number of thiazole rings is 1. The van der Waals surface area contributed by atoms with Crippen molar-refractivity contribution in [2.24, 2.45) is 4.99 Å². The molecule has 0 spiro atoms. The van der Waals surface area contributed by atoms with Crippen LogP contribution in [0.3, 0.4) is 0 Å². The van der Waals surface area contributed by atoms with Crippen LogP contribution in [0.5, 0.6) is 0 Å². The van der Waals surface area contributed by atoms with Crippen molar-refractivity contribution >= 4 is 27.5 Å². The lowest BCUT2D eigenvalue weighted by Gasteiger charge is -2.03. The van der Waals surface area contributed by atoms with E-state index in [-0.39, 0.29) is 5.56 Å². The van der Waals surface area contributed by atoms with Gasteiger partial charge in [-0.25, -0.2) is 4.39 Å². The van der Waals surface area contributed by atoms with Gasteiger partial charge in [-0.2, -0.15) is 4.99 Å². The molecule has 0 aliphatic carbocycles. The quantitative estimate of drug-likeness (QED) is 0.684. The van der Waals surface area contributed by atoms with Crippen LogP contribution in [0.4, 0.5) is 4.39 Å². The number of fused-ring (bicyclic) bond motifs is 1. The van der Waals surface area contributed by atoms with Crippen molar-refractivity contribution in [2.45, 2.75) is 33.2 Å². The van der Waals surface area contributed by atoms with Gasteiger partial charge in [0.05, 0.1) is 10.2 Å². The van der Waals surface area contributed by atoms with Crippen LogP contribution in [0.15, 0.2) is 47.5 Å². The molecule has 124 valence electrons. The van der Waals surface area contributed by atoms with E-state index in [2.05, 4.69) is 41.6 Å². The molecule has 0 saturated carbocycles. The number of benzene rings is 2. The molecule has 24 heavy (non-hydrogen) atoms. The fourth-order valence-electron chi connectivity index (χ4n) is 2.64. The Morgan fingerprint density at radius 2 is 2.04 bits per heavy atom. The predicted octanol–water partition coefficient (Wildman–Crippen LogP) is 4.56.